The molecule has 0 aliphatic carbocycles. The zero-order chi connectivity index (χ0) is 18.4. The highest BCUT2D eigenvalue weighted by Crippen LogP contribution is 2.23. The summed E-state index contributed by atoms with van der Waals surface area (Å²) in [5.41, 5.74) is 6.20. The number of unbranched alkanes of at least 4 members (excludes halogenated alkanes) is 1. The molecule has 2 aromatic carbocycles. The molecule has 3 N–H and O–H groups in total. The number of para-hydroxylation sites is 1. The topological polar surface area (TPSA) is 68.1 Å². The molecule has 0 unspecified atom stereocenters. The van der Waals surface area contributed by atoms with Gasteiger partial charge < -0.3 is 9.82 Å². The maximum Gasteiger partial charge on any atom is 0.349 e. The Bertz CT molecular complexity index is 908. The number of hydrogen-bond donors (Lipinski definition) is 2. The Morgan fingerprint density at radius 3 is 2.58 bits per heavy atom. The first-order chi connectivity index (χ1) is 12.7. The summed E-state index contributed by atoms with van der Waals surface area (Å²) in [4.78, 5) is 18.6. The molecular weight excluding hydrogens is 324 g/mol. The number of nitrogens with two attached hydrogens (primary N) is 1. The summed E-state index contributed by atoms with van der Waals surface area (Å²) in [6.45, 7) is 2.15. The van der Waals surface area contributed by atoms with Gasteiger partial charge in [0.1, 0.15) is 0 Å². The molecule has 0 aliphatic heterocycles. The second-order valence-electron chi connectivity index (χ2n) is 6.49. The van der Waals surface area contributed by atoms with Crippen LogP contribution < -0.4 is 5.90 Å². The normalized spacial score (nSPS) is 11.3. The van der Waals surface area contributed by atoms with Crippen molar-refractivity contribution < 1.29 is 9.63 Å². The maximum atomic E-state index is 11.0. The van der Waals surface area contributed by atoms with Crippen molar-refractivity contribution in [1.82, 2.24) is 4.98 Å². The van der Waals surface area contributed by atoms with Crippen molar-refractivity contribution in [2.45, 2.75) is 32.6 Å². The second-order valence-corrected chi connectivity index (χ2v) is 6.49. The zero-order valence-electron chi connectivity index (χ0n) is 15.0. The van der Waals surface area contributed by atoms with Crippen LogP contribution in [-0.4, -0.2) is 11.0 Å². The number of benzene rings is 2. The van der Waals surface area contributed by atoms with Crippen molar-refractivity contribution in [3.8, 4) is 0 Å². The van der Waals surface area contributed by atoms with E-state index in [1.54, 1.807) is 6.08 Å². The van der Waals surface area contributed by atoms with Crippen LogP contribution in [0.3, 0.4) is 0 Å². The maximum absolute atomic E-state index is 11.0. The van der Waals surface area contributed by atoms with Gasteiger partial charge in [0.2, 0.25) is 0 Å². The molecule has 3 aromatic rings. The minimum atomic E-state index is -0.554. The molecular formula is C22H24N2O2. The molecule has 0 saturated heterocycles. The quantitative estimate of drug-likeness (QED) is 0.376. The lowest BCUT2D eigenvalue weighted by Gasteiger charge is -2.04. The van der Waals surface area contributed by atoms with E-state index in [4.69, 9.17) is 5.90 Å². The number of fused-ring (bicyclic) bond motifs is 1. The molecule has 0 aliphatic rings. The fourth-order valence-electron chi connectivity index (χ4n) is 3.29. The first-order valence-corrected chi connectivity index (χ1v) is 8.91. The Labute approximate surface area is 153 Å². The summed E-state index contributed by atoms with van der Waals surface area (Å²) in [6, 6.07) is 16.7. The highest BCUT2D eigenvalue weighted by Gasteiger charge is 2.07. The van der Waals surface area contributed by atoms with Gasteiger partial charge in [-0.15, -0.1) is 0 Å². The lowest BCUT2D eigenvalue weighted by Crippen LogP contribution is -2.05. The first-order valence-electron chi connectivity index (χ1n) is 8.91. The van der Waals surface area contributed by atoms with Crippen molar-refractivity contribution in [2.75, 3.05) is 0 Å². The molecule has 3 rings (SSSR count). The van der Waals surface area contributed by atoms with Crippen molar-refractivity contribution in [2.24, 2.45) is 5.90 Å². The van der Waals surface area contributed by atoms with E-state index >= 15 is 0 Å². The number of carbonyl (C=O) groups excluding carboxylic acids is 1. The third-order valence-corrected chi connectivity index (χ3v) is 4.68. The van der Waals surface area contributed by atoms with E-state index in [9.17, 15) is 4.79 Å². The van der Waals surface area contributed by atoms with Crippen molar-refractivity contribution in [1.29, 1.82) is 0 Å². The Hall–Kier alpha value is -2.85. The Kier molecular flexibility index (Phi) is 5.87. The van der Waals surface area contributed by atoms with Gasteiger partial charge in [0, 0.05) is 22.7 Å². The number of carbonyl (C=O) groups is 1. The molecule has 134 valence electrons. The summed E-state index contributed by atoms with van der Waals surface area (Å²) < 4.78 is 0. The third kappa shape index (κ3) is 4.41. The number of hydrogen-bond acceptors (Lipinski definition) is 3. The smallest absolute Gasteiger partial charge is 0.349 e. The van der Waals surface area contributed by atoms with Crippen LogP contribution in [0, 0.1) is 6.92 Å². The molecule has 0 spiro atoms. The van der Waals surface area contributed by atoms with Crippen LogP contribution in [0.15, 0.2) is 54.6 Å². The van der Waals surface area contributed by atoms with Crippen molar-refractivity contribution in [3.05, 3.63) is 77.0 Å². The van der Waals surface area contributed by atoms with Crippen LogP contribution in [0.2, 0.25) is 0 Å². The Morgan fingerprint density at radius 1 is 1.08 bits per heavy atom. The third-order valence-electron chi connectivity index (χ3n) is 4.68. The second kappa shape index (κ2) is 8.50. The molecule has 0 bridgehead atoms. The molecule has 0 amide bonds. The van der Waals surface area contributed by atoms with E-state index in [2.05, 4.69) is 53.1 Å². The van der Waals surface area contributed by atoms with Gasteiger partial charge in [0.05, 0.1) is 0 Å². The van der Waals surface area contributed by atoms with E-state index in [1.165, 1.54) is 33.8 Å². The van der Waals surface area contributed by atoms with E-state index < -0.39 is 5.97 Å². The van der Waals surface area contributed by atoms with Gasteiger partial charge in [-0.05, 0) is 61.4 Å². The Morgan fingerprint density at radius 2 is 1.81 bits per heavy atom. The summed E-state index contributed by atoms with van der Waals surface area (Å²) in [6.07, 6.45) is 7.46. The molecule has 1 aromatic heterocycles. The average Bonchev–Trinajstić information content (AvgIpc) is 2.99. The minimum absolute atomic E-state index is 0.554. The number of nitrogens with one attached hydrogen (secondary N) is 1. The molecule has 0 saturated carbocycles. The predicted molar refractivity (Wildman–Crippen MR) is 105 cm³/mol. The van der Waals surface area contributed by atoms with Crippen LogP contribution >= 0.6 is 0 Å². The zero-order valence-corrected chi connectivity index (χ0v) is 15.0. The summed E-state index contributed by atoms with van der Waals surface area (Å²) in [5, 5.41) is 1.34. The number of H-pyrrole nitrogens is 1. The van der Waals surface area contributed by atoms with Gasteiger partial charge >= 0.3 is 5.97 Å². The van der Waals surface area contributed by atoms with Crippen LogP contribution in [-0.2, 0) is 22.5 Å². The van der Waals surface area contributed by atoms with Gasteiger partial charge in [-0.3, -0.25) is 0 Å². The van der Waals surface area contributed by atoms with E-state index in [-0.39, 0.29) is 0 Å². The van der Waals surface area contributed by atoms with Gasteiger partial charge in [-0.1, -0.05) is 42.5 Å². The molecule has 26 heavy (non-hydrogen) atoms. The average molecular weight is 348 g/mol. The molecule has 4 heteroatoms. The number of aryl methyl sites for hydroxylation is 3. The predicted octanol–water partition coefficient (Wildman–Crippen LogP) is 4.47. The fourth-order valence-corrected chi connectivity index (χ4v) is 3.29. The van der Waals surface area contributed by atoms with Crippen LogP contribution in [0.5, 0.6) is 0 Å². The number of aromatic amines is 1. The SMILES string of the molecule is Cc1[nH]c2ccccc2c1CCCCc1ccc(/C=C/C(=O)ON)cc1. The lowest BCUT2D eigenvalue weighted by molar-refractivity contribution is -0.138. The fraction of sp³-hybridized carbons (Fsp3) is 0.227. The van der Waals surface area contributed by atoms with E-state index in [0.717, 1.165) is 31.2 Å². The molecule has 4 nitrogen and oxygen atoms in total. The largest absolute Gasteiger partial charge is 0.370 e. The van der Waals surface area contributed by atoms with Gasteiger partial charge in [0.15, 0.2) is 0 Å². The van der Waals surface area contributed by atoms with Crippen LogP contribution in [0.4, 0.5) is 0 Å². The molecule has 0 fully saturated rings. The molecule has 0 atom stereocenters. The Balaban J connectivity index is 1.51. The summed E-state index contributed by atoms with van der Waals surface area (Å²) >= 11 is 0. The minimum Gasteiger partial charge on any atom is -0.370 e. The van der Waals surface area contributed by atoms with E-state index in [1.807, 2.05) is 12.1 Å². The van der Waals surface area contributed by atoms with Gasteiger partial charge in [-0.25, -0.2) is 4.79 Å². The van der Waals surface area contributed by atoms with E-state index in [0.29, 0.717) is 0 Å². The highest BCUT2D eigenvalue weighted by molar-refractivity contribution is 5.86. The molecule has 0 radical (unpaired) electrons. The van der Waals surface area contributed by atoms with Crippen LogP contribution in [0.25, 0.3) is 17.0 Å². The van der Waals surface area contributed by atoms with Crippen molar-refractivity contribution >= 4 is 22.9 Å². The monoisotopic (exact) mass is 348 g/mol. The lowest BCUT2D eigenvalue weighted by atomic mass is 10.0. The summed E-state index contributed by atoms with van der Waals surface area (Å²) in [7, 11) is 0. The number of aromatic nitrogens is 1. The summed E-state index contributed by atoms with van der Waals surface area (Å²) in [5.74, 6) is 4.25. The highest BCUT2D eigenvalue weighted by atomic mass is 16.7. The molecule has 1 heterocycles. The number of rotatable bonds is 7. The standard InChI is InChI=1S/C22H24N2O2/c1-16-19(20-8-4-5-9-21(20)24-16)7-3-2-6-17-10-12-18(13-11-17)14-15-22(25)26-23/h4-5,8-15,24H,2-3,6-7,23H2,1H3/b15-14+. The van der Waals surface area contributed by atoms with Crippen LogP contribution in [0.1, 0.15) is 35.2 Å². The van der Waals surface area contributed by atoms with Gasteiger partial charge in [-0.2, -0.15) is 5.90 Å². The van der Waals surface area contributed by atoms with Crippen molar-refractivity contribution in [3.63, 3.8) is 0 Å². The van der Waals surface area contributed by atoms with Gasteiger partial charge in [0.25, 0.3) is 0 Å². The first kappa shape index (κ1) is 18.0.